The van der Waals surface area contributed by atoms with Crippen molar-refractivity contribution in [2.75, 3.05) is 5.75 Å². The third-order valence-electron chi connectivity index (χ3n) is 3.62. The second-order valence-electron chi connectivity index (χ2n) is 6.48. The van der Waals surface area contributed by atoms with Gasteiger partial charge in [-0.25, -0.2) is 24.0 Å². The van der Waals surface area contributed by atoms with Gasteiger partial charge >= 0.3 is 29.0 Å². The Morgan fingerprint density at radius 3 is 1.91 bits per heavy atom. The highest BCUT2D eigenvalue weighted by molar-refractivity contribution is 8.13. The minimum absolute atomic E-state index is 0.00519. The fraction of sp³-hybridized carbons (Fsp3) is 0.500. The Morgan fingerprint density at radius 1 is 0.906 bits per heavy atom. The van der Waals surface area contributed by atoms with Crippen molar-refractivity contribution < 1.29 is 46.3 Å². The van der Waals surface area contributed by atoms with Gasteiger partial charge in [-0.3, -0.25) is 0 Å². The third kappa shape index (κ3) is 7.68. The van der Waals surface area contributed by atoms with Crippen LogP contribution in [0.2, 0.25) is 0 Å². The van der Waals surface area contributed by atoms with Crippen LogP contribution in [0, 0.1) is 13.8 Å². The molecule has 2 aromatic rings. The Hall–Kier alpha value is -3.42. The Labute approximate surface area is 184 Å². The Morgan fingerprint density at radius 2 is 1.44 bits per heavy atom. The van der Waals surface area contributed by atoms with Crippen LogP contribution in [0.1, 0.15) is 36.9 Å². The van der Waals surface area contributed by atoms with Crippen LogP contribution < -0.4 is 17.0 Å². The van der Waals surface area contributed by atoms with Crippen molar-refractivity contribution in [3.8, 4) is 0 Å². The molecule has 2 rings (SSSR count). The van der Waals surface area contributed by atoms with Crippen LogP contribution in [-0.4, -0.2) is 35.3 Å². The lowest BCUT2D eigenvalue weighted by Gasteiger charge is -2.18. The predicted molar refractivity (Wildman–Crippen MR) is 105 cm³/mol. The van der Waals surface area contributed by atoms with Crippen LogP contribution in [0.15, 0.2) is 27.3 Å². The van der Waals surface area contributed by atoms with Gasteiger partial charge < -0.3 is 37.2 Å². The van der Waals surface area contributed by atoms with E-state index in [1.807, 2.05) is 0 Å². The Bertz CT molecular complexity index is 1060. The lowest BCUT2D eigenvalue weighted by Crippen LogP contribution is -2.44. The number of carbonyl (C=O) groups is 3. The van der Waals surface area contributed by atoms with Crippen molar-refractivity contribution in [1.82, 2.24) is 5.32 Å². The van der Waals surface area contributed by atoms with Gasteiger partial charge in [0.1, 0.15) is 6.04 Å². The van der Waals surface area contributed by atoms with Crippen molar-refractivity contribution in [2.24, 2.45) is 0 Å². The van der Waals surface area contributed by atoms with E-state index in [2.05, 4.69) is 14.2 Å². The fourth-order valence-electron chi connectivity index (χ4n) is 2.13. The van der Waals surface area contributed by atoms with Crippen molar-refractivity contribution in [2.45, 2.75) is 53.1 Å². The molecule has 0 aliphatic heterocycles. The molecule has 0 bridgehead atoms. The monoisotopic (exact) mass is 475 g/mol. The number of hydrogen-bond acceptors (Lipinski definition) is 13. The van der Waals surface area contributed by atoms with Gasteiger partial charge in [0.25, 0.3) is 0 Å². The fourth-order valence-corrected chi connectivity index (χ4v) is 2.79. The van der Waals surface area contributed by atoms with E-state index in [1.165, 1.54) is 13.8 Å². The first kappa shape index (κ1) is 24.8. The zero-order chi connectivity index (χ0) is 23.8. The summed E-state index contributed by atoms with van der Waals surface area (Å²) in [7, 11) is 0. The summed E-state index contributed by atoms with van der Waals surface area (Å²) in [6.45, 7) is 5.36. The van der Waals surface area contributed by atoms with E-state index < -0.39 is 47.8 Å². The maximum atomic E-state index is 12.3. The van der Waals surface area contributed by atoms with Gasteiger partial charge in [0.2, 0.25) is 0 Å². The lowest BCUT2D eigenvalue weighted by atomic mass is 10.3. The zero-order valence-corrected chi connectivity index (χ0v) is 18.4. The molecule has 0 aliphatic rings. The standard InChI is InChI=1S/C18H21NO12S/c1-8(2)27-14(20)11(19-15(21)25-5-12-9(3)28-16(22)30-12)7-32-18(24)26-6-13-10(4)29-17(23)31-13/h8,11H,5-7H2,1-4H3,(H,19,21)/t11-/m0/s1. The number of aryl methyl sites for hydroxylation is 2. The highest BCUT2D eigenvalue weighted by atomic mass is 32.2. The van der Waals surface area contributed by atoms with Crippen molar-refractivity contribution in [3.05, 3.63) is 44.3 Å². The summed E-state index contributed by atoms with van der Waals surface area (Å²) in [5.41, 5.74) is 0. The van der Waals surface area contributed by atoms with Crippen LogP contribution in [0.3, 0.4) is 0 Å². The summed E-state index contributed by atoms with van der Waals surface area (Å²) in [6.07, 6.45) is -1.50. The summed E-state index contributed by atoms with van der Waals surface area (Å²) in [5.74, 6) is -2.56. The molecule has 0 radical (unpaired) electrons. The van der Waals surface area contributed by atoms with Gasteiger partial charge in [-0.1, -0.05) is 0 Å². The van der Waals surface area contributed by atoms with Crippen molar-refractivity contribution in [3.63, 3.8) is 0 Å². The SMILES string of the molecule is Cc1oc(=O)oc1COC(=O)N[C@@H](CSC(=O)OCc1oc(=O)oc1C)C(=O)OC(C)C. The number of alkyl carbamates (subject to hydrolysis) is 1. The van der Waals surface area contributed by atoms with Gasteiger partial charge in [0.15, 0.2) is 36.3 Å². The molecule has 0 aromatic carbocycles. The van der Waals surface area contributed by atoms with E-state index in [0.717, 1.165) is 0 Å². The molecule has 1 N–H and O–H groups in total. The van der Waals surface area contributed by atoms with Crippen LogP contribution in [0.25, 0.3) is 0 Å². The van der Waals surface area contributed by atoms with Gasteiger partial charge in [0.05, 0.1) is 6.10 Å². The highest BCUT2D eigenvalue weighted by Gasteiger charge is 2.26. The maximum Gasteiger partial charge on any atom is 0.519 e. The van der Waals surface area contributed by atoms with Gasteiger partial charge in [0, 0.05) is 5.75 Å². The lowest BCUT2D eigenvalue weighted by molar-refractivity contribution is -0.149. The molecule has 2 heterocycles. The van der Waals surface area contributed by atoms with Crippen LogP contribution in [0.5, 0.6) is 0 Å². The zero-order valence-electron chi connectivity index (χ0n) is 17.6. The van der Waals surface area contributed by atoms with Crippen molar-refractivity contribution >= 4 is 29.1 Å². The molecule has 32 heavy (non-hydrogen) atoms. The van der Waals surface area contributed by atoms with Gasteiger partial charge in [-0.2, -0.15) is 0 Å². The summed E-state index contributed by atoms with van der Waals surface area (Å²) >= 11 is 0.577. The molecule has 0 spiro atoms. The molecule has 0 fully saturated rings. The molecule has 1 amide bonds. The molecular formula is C18H21NO12S. The van der Waals surface area contributed by atoms with E-state index >= 15 is 0 Å². The smallest absolute Gasteiger partial charge is 0.461 e. The first-order valence-electron chi connectivity index (χ1n) is 9.17. The van der Waals surface area contributed by atoms with Crippen molar-refractivity contribution in [1.29, 1.82) is 0 Å². The molecule has 1 atom stereocenters. The third-order valence-corrected chi connectivity index (χ3v) is 4.48. The molecule has 2 aromatic heterocycles. The minimum atomic E-state index is -1.26. The number of amides is 1. The largest absolute Gasteiger partial charge is 0.519 e. The number of nitrogens with one attached hydrogen (secondary N) is 1. The maximum absolute atomic E-state index is 12.3. The molecule has 14 heteroatoms. The average molecular weight is 475 g/mol. The number of ether oxygens (including phenoxy) is 3. The Kier molecular flexibility index (Phi) is 8.75. The summed E-state index contributed by atoms with van der Waals surface area (Å²) in [5, 5.41) is 1.47. The van der Waals surface area contributed by atoms with Crippen LogP contribution >= 0.6 is 11.8 Å². The highest BCUT2D eigenvalue weighted by Crippen LogP contribution is 2.14. The van der Waals surface area contributed by atoms with Gasteiger partial charge in [-0.05, 0) is 39.5 Å². The number of rotatable bonds is 9. The summed E-state index contributed by atoms with van der Waals surface area (Å²) in [4.78, 5) is 58.3. The summed E-state index contributed by atoms with van der Waals surface area (Å²) < 4.78 is 33.6. The van der Waals surface area contributed by atoms with E-state index in [4.69, 9.17) is 23.0 Å². The Balaban J connectivity index is 1.90. The number of carbonyl (C=O) groups excluding carboxylic acids is 3. The quantitative estimate of drug-likeness (QED) is 0.412. The van der Waals surface area contributed by atoms with E-state index in [-0.39, 0.29) is 35.4 Å². The number of esters is 1. The molecular weight excluding hydrogens is 454 g/mol. The van der Waals surface area contributed by atoms with Gasteiger partial charge in [-0.15, -0.1) is 0 Å². The minimum Gasteiger partial charge on any atom is -0.461 e. The molecule has 176 valence electrons. The van der Waals surface area contributed by atoms with Crippen LogP contribution in [-0.2, 0) is 32.2 Å². The molecule has 0 aliphatic carbocycles. The molecule has 0 unspecified atom stereocenters. The second-order valence-corrected chi connectivity index (χ2v) is 7.43. The number of thioether (sulfide) groups is 1. The van der Waals surface area contributed by atoms with E-state index in [1.54, 1.807) is 13.8 Å². The first-order valence-corrected chi connectivity index (χ1v) is 10.2. The van der Waals surface area contributed by atoms with Crippen LogP contribution in [0.4, 0.5) is 9.59 Å². The molecule has 13 nitrogen and oxygen atoms in total. The normalized spacial score (nSPS) is 11.8. The predicted octanol–water partition coefficient (Wildman–Crippen LogP) is 2.01. The molecule has 0 saturated heterocycles. The van der Waals surface area contributed by atoms with E-state index in [0.29, 0.717) is 11.8 Å². The first-order chi connectivity index (χ1) is 15.0. The van der Waals surface area contributed by atoms with E-state index in [9.17, 15) is 24.0 Å². The number of hydrogen-bond donors (Lipinski definition) is 1. The molecule has 0 saturated carbocycles. The summed E-state index contributed by atoms with van der Waals surface area (Å²) in [6, 6.07) is -1.26. The topological polar surface area (TPSA) is 178 Å². The average Bonchev–Trinajstić information content (AvgIpc) is 3.19. The second kappa shape index (κ2) is 11.3.